The zero-order valence-corrected chi connectivity index (χ0v) is 17.2. The van der Waals surface area contributed by atoms with Crippen molar-refractivity contribution in [2.75, 3.05) is 19.4 Å². The maximum absolute atomic E-state index is 12.8. The van der Waals surface area contributed by atoms with E-state index in [-0.39, 0.29) is 17.6 Å². The minimum atomic E-state index is -0.431. The molecule has 0 aliphatic carbocycles. The van der Waals surface area contributed by atoms with Gasteiger partial charge in [-0.15, -0.1) is 11.8 Å². The van der Waals surface area contributed by atoms with Gasteiger partial charge in [-0.2, -0.15) is 0 Å². The summed E-state index contributed by atoms with van der Waals surface area (Å²) in [6.07, 6.45) is 1.86. The monoisotopic (exact) mass is 450 g/mol. The topological polar surface area (TPSA) is 72.7 Å². The third-order valence-corrected chi connectivity index (χ3v) is 6.02. The number of nitrogens with zero attached hydrogens (tertiary/aromatic N) is 2. The molecule has 27 heavy (non-hydrogen) atoms. The van der Waals surface area contributed by atoms with E-state index >= 15 is 0 Å². The van der Waals surface area contributed by atoms with Crippen LogP contribution in [0.1, 0.15) is 24.4 Å². The molecule has 0 bridgehead atoms. The number of nitro groups is 1. The van der Waals surface area contributed by atoms with Gasteiger partial charge in [0.1, 0.15) is 5.75 Å². The van der Waals surface area contributed by atoms with Crippen molar-refractivity contribution in [1.82, 2.24) is 4.90 Å². The van der Waals surface area contributed by atoms with Crippen LogP contribution in [0.25, 0.3) is 0 Å². The molecule has 3 rings (SSSR count). The van der Waals surface area contributed by atoms with E-state index in [1.807, 2.05) is 23.1 Å². The summed E-state index contributed by atoms with van der Waals surface area (Å²) >= 11 is 4.89. The number of nitro benzene ring substituents is 1. The number of amides is 1. The first kappa shape index (κ1) is 19.7. The number of hydrogen-bond donors (Lipinski definition) is 0. The van der Waals surface area contributed by atoms with Crippen molar-refractivity contribution in [3.8, 4) is 5.75 Å². The summed E-state index contributed by atoms with van der Waals surface area (Å²) in [5.74, 6) is 1.14. The highest BCUT2D eigenvalue weighted by Crippen LogP contribution is 2.39. The van der Waals surface area contributed by atoms with Gasteiger partial charge in [0.05, 0.1) is 23.8 Å². The number of rotatable bonds is 6. The van der Waals surface area contributed by atoms with Crippen LogP contribution in [0, 0.1) is 10.1 Å². The molecule has 142 valence electrons. The van der Waals surface area contributed by atoms with E-state index in [0.717, 1.165) is 40.1 Å². The van der Waals surface area contributed by atoms with Crippen LogP contribution in [-0.2, 0) is 4.79 Å². The molecular formula is C19H19BrN2O4S. The molecule has 0 N–H and O–H groups in total. The quantitative estimate of drug-likeness (QED) is 0.358. The van der Waals surface area contributed by atoms with Gasteiger partial charge in [-0.3, -0.25) is 14.9 Å². The molecule has 0 radical (unpaired) electrons. The molecule has 1 atom stereocenters. The summed E-state index contributed by atoms with van der Waals surface area (Å²) in [4.78, 5) is 25.8. The average Bonchev–Trinajstić information content (AvgIpc) is 3.16. The Kier molecular flexibility index (Phi) is 6.38. The van der Waals surface area contributed by atoms with E-state index < -0.39 is 4.92 Å². The molecule has 1 saturated heterocycles. The van der Waals surface area contributed by atoms with Crippen molar-refractivity contribution in [2.24, 2.45) is 0 Å². The average molecular weight is 451 g/mol. The molecular weight excluding hydrogens is 432 g/mol. The molecule has 6 nitrogen and oxygen atoms in total. The number of hydrogen-bond acceptors (Lipinski definition) is 5. The normalized spacial score (nSPS) is 16.4. The first-order chi connectivity index (χ1) is 13.0. The maximum atomic E-state index is 12.8. The second-order valence-electron chi connectivity index (χ2n) is 6.17. The first-order valence-corrected chi connectivity index (χ1v) is 10.3. The lowest BCUT2D eigenvalue weighted by atomic mass is 10.0. The zero-order valence-electron chi connectivity index (χ0n) is 14.8. The van der Waals surface area contributed by atoms with Crippen molar-refractivity contribution >= 4 is 39.3 Å². The van der Waals surface area contributed by atoms with E-state index in [1.165, 1.54) is 23.9 Å². The predicted molar refractivity (Wildman–Crippen MR) is 108 cm³/mol. The highest BCUT2D eigenvalue weighted by atomic mass is 79.9. The summed E-state index contributed by atoms with van der Waals surface area (Å²) in [5, 5.41) is 10.7. The molecule has 1 fully saturated rings. The second kappa shape index (κ2) is 8.75. The Balaban J connectivity index is 1.69. The van der Waals surface area contributed by atoms with Crippen LogP contribution in [0.4, 0.5) is 5.69 Å². The highest BCUT2D eigenvalue weighted by molar-refractivity contribution is 9.10. The number of carbonyl (C=O) groups is 1. The fourth-order valence-electron chi connectivity index (χ4n) is 3.25. The Hall–Kier alpha value is -2.06. The van der Waals surface area contributed by atoms with Gasteiger partial charge in [-0.25, -0.2) is 0 Å². The Morgan fingerprint density at radius 3 is 2.74 bits per heavy atom. The lowest BCUT2D eigenvalue weighted by Crippen LogP contribution is -2.32. The summed E-state index contributed by atoms with van der Waals surface area (Å²) in [6.45, 7) is 0.722. The van der Waals surface area contributed by atoms with Gasteiger partial charge in [0.15, 0.2) is 0 Å². The van der Waals surface area contributed by atoms with E-state index in [9.17, 15) is 14.9 Å². The Labute approximate surface area is 170 Å². The number of carbonyl (C=O) groups excluding carboxylic acids is 1. The summed E-state index contributed by atoms with van der Waals surface area (Å²) in [6, 6.07) is 12.1. The number of halogens is 1. The molecule has 1 aliphatic heterocycles. The Morgan fingerprint density at radius 1 is 1.33 bits per heavy atom. The predicted octanol–water partition coefficient (Wildman–Crippen LogP) is 4.82. The van der Waals surface area contributed by atoms with Crippen LogP contribution in [0.3, 0.4) is 0 Å². The van der Waals surface area contributed by atoms with Crippen molar-refractivity contribution < 1.29 is 14.5 Å². The van der Waals surface area contributed by atoms with Gasteiger partial charge >= 0.3 is 0 Å². The molecule has 8 heteroatoms. The molecule has 0 saturated carbocycles. The van der Waals surface area contributed by atoms with Crippen molar-refractivity contribution in [1.29, 1.82) is 0 Å². The molecule has 1 amide bonds. The smallest absolute Gasteiger partial charge is 0.269 e. The highest BCUT2D eigenvalue weighted by Gasteiger charge is 2.31. The molecule has 0 aromatic heterocycles. The van der Waals surface area contributed by atoms with Crippen LogP contribution in [-0.4, -0.2) is 35.1 Å². The lowest BCUT2D eigenvalue weighted by molar-refractivity contribution is -0.384. The van der Waals surface area contributed by atoms with E-state index in [1.54, 1.807) is 19.2 Å². The molecule has 1 aliphatic rings. The third kappa shape index (κ3) is 4.62. The lowest BCUT2D eigenvalue weighted by Gasteiger charge is -2.26. The fourth-order valence-corrected chi connectivity index (χ4v) is 4.41. The molecule has 0 spiro atoms. The summed E-state index contributed by atoms with van der Waals surface area (Å²) < 4.78 is 6.44. The van der Waals surface area contributed by atoms with Crippen LogP contribution >= 0.6 is 27.7 Å². The molecule has 2 aromatic carbocycles. The maximum Gasteiger partial charge on any atom is 0.269 e. The third-order valence-electron chi connectivity index (χ3n) is 4.53. The van der Waals surface area contributed by atoms with Crippen molar-refractivity contribution in [3.63, 3.8) is 0 Å². The fraction of sp³-hybridized carbons (Fsp3) is 0.316. The van der Waals surface area contributed by atoms with Crippen LogP contribution < -0.4 is 4.74 Å². The number of ether oxygens (including phenoxy) is 1. The Bertz CT molecular complexity index is 844. The van der Waals surface area contributed by atoms with Gasteiger partial charge in [-0.1, -0.05) is 15.9 Å². The van der Waals surface area contributed by atoms with Crippen LogP contribution in [0.2, 0.25) is 0 Å². The Morgan fingerprint density at radius 2 is 2.07 bits per heavy atom. The van der Waals surface area contributed by atoms with Crippen molar-refractivity contribution in [3.05, 3.63) is 62.6 Å². The van der Waals surface area contributed by atoms with E-state index in [2.05, 4.69) is 15.9 Å². The minimum absolute atomic E-state index is 0.00223. The number of benzene rings is 2. The minimum Gasteiger partial charge on any atom is -0.496 e. The van der Waals surface area contributed by atoms with E-state index in [0.29, 0.717) is 5.75 Å². The van der Waals surface area contributed by atoms with Gasteiger partial charge < -0.3 is 9.64 Å². The second-order valence-corrected chi connectivity index (χ2v) is 8.14. The zero-order chi connectivity index (χ0) is 19.4. The number of non-ortho nitro benzene ring substituents is 1. The SMILES string of the molecule is COc1ccc(Br)cc1C1CCCN1C(=O)CSc1ccc([N+](=O)[O-])cc1. The molecule has 1 heterocycles. The largest absolute Gasteiger partial charge is 0.496 e. The number of thioether (sulfide) groups is 1. The summed E-state index contributed by atoms with van der Waals surface area (Å²) in [7, 11) is 1.64. The first-order valence-electron chi connectivity index (χ1n) is 8.49. The van der Waals surface area contributed by atoms with Gasteiger partial charge in [0.25, 0.3) is 5.69 Å². The van der Waals surface area contributed by atoms with Crippen LogP contribution in [0.15, 0.2) is 51.8 Å². The standard InChI is InChI=1S/C19H19BrN2O4S/c1-26-18-9-4-13(20)11-16(18)17-3-2-10-21(17)19(23)12-27-15-7-5-14(6-8-15)22(24)25/h4-9,11,17H,2-3,10,12H2,1H3. The van der Waals surface area contributed by atoms with Gasteiger partial charge in [-0.05, 0) is 43.2 Å². The number of likely N-dealkylation sites (tertiary alicyclic amines) is 1. The number of methoxy groups -OCH3 is 1. The van der Waals surface area contributed by atoms with Crippen molar-refractivity contribution in [2.45, 2.75) is 23.8 Å². The van der Waals surface area contributed by atoms with Gasteiger partial charge in [0, 0.05) is 33.6 Å². The molecule has 2 aromatic rings. The van der Waals surface area contributed by atoms with Crippen LogP contribution in [0.5, 0.6) is 5.75 Å². The summed E-state index contributed by atoms with van der Waals surface area (Å²) in [5.41, 5.74) is 1.06. The van der Waals surface area contributed by atoms with E-state index in [4.69, 9.17) is 4.74 Å². The van der Waals surface area contributed by atoms with Gasteiger partial charge in [0.2, 0.25) is 5.91 Å². The molecule has 1 unspecified atom stereocenters.